The summed E-state index contributed by atoms with van der Waals surface area (Å²) in [4.78, 5) is 37.1. The number of carbonyl (C=O) groups is 2. The molecule has 0 aliphatic carbocycles. The molecule has 8 nitrogen and oxygen atoms in total. The fourth-order valence-electron chi connectivity index (χ4n) is 2.89. The number of rotatable bonds is 8. The van der Waals surface area contributed by atoms with Gasteiger partial charge < -0.3 is 9.47 Å². The number of thioether (sulfide) groups is 1. The highest BCUT2D eigenvalue weighted by Gasteiger charge is 2.36. The maximum absolute atomic E-state index is 12.8. The van der Waals surface area contributed by atoms with Crippen LogP contribution in [0.15, 0.2) is 47.4 Å². The highest BCUT2D eigenvalue weighted by atomic mass is 32.2. The molecule has 2 aromatic rings. The van der Waals surface area contributed by atoms with E-state index in [1.54, 1.807) is 30.3 Å². The fourth-order valence-corrected chi connectivity index (χ4v) is 3.72. The van der Waals surface area contributed by atoms with Crippen LogP contribution in [0.5, 0.6) is 11.5 Å². The molecular weight excluding hydrogens is 408 g/mol. The molecule has 0 radical (unpaired) electrons. The number of hydrogen-bond donors (Lipinski definition) is 0. The zero-order valence-electron chi connectivity index (χ0n) is 16.5. The molecule has 1 saturated heterocycles. The Kier molecular flexibility index (Phi) is 6.73. The number of para-hydroxylation sites is 1. The van der Waals surface area contributed by atoms with Gasteiger partial charge in [0.25, 0.3) is 16.8 Å². The predicted octanol–water partition coefficient (Wildman–Crippen LogP) is 4.63. The molecule has 0 aromatic heterocycles. The van der Waals surface area contributed by atoms with E-state index < -0.39 is 16.1 Å². The summed E-state index contributed by atoms with van der Waals surface area (Å²) in [5, 5.41) is 10.7. The van der Waals surface area contributed by atoms with Crippen molar-refractivity contribution in [2.24, 2.45) is 0 Å². The summed E-state index contributed by atoms with van der Waals surface area (Å²) in [5.41, 5.74) is 0.838. The SMILES string of the molecule is CCCOc1ccc(/C=C2\SC(=O)N(Cc3ccccc3[N+](=O)[O-])C2=O)cc1OC. The Morgan fingerprint density at radius 2 is 1.93 bits per heavy atom. The third kappa shape index (κ3) is 4.62. The molecule has 9 heteroatoms. The van der Waals surface area contributed by atoms with E-state index in [2.05, 4.69) is 0 Å². The lowest BCUT2D eigenvalue weighted by Gasteiger charge is -2.12. The van der Waals surface area contributed by atoms with Crippen molar-refractivity contribution in [2.45, 2.75) is 19.9 Å². The predicted molar refractivity (Wildman–Crippen MR) is 113 cm³/mol. The number of carbonyl (C=O) groups excluding carboxylic acids is 2. The van der Waals surface area contributed by atoms with E-state index in [1.165, 1.54) is 25.3 Å². The van der Waals surface area contributed by atoms with Gasteiger partial charge in [-0.05, 0) is 42.0 Å². The van der Waals surface area contributed by atoms with Crippen molar-refractivity contribution < 1.29 is 24.0 Å². The van der Waals surface area contributed by atoms with Gasteiger partial charge in [0.05, 0.1) is 30.1 Å². The van der Waals surface area contributed by atoms with Gasteiger partial charge in [0.15, 0.2) is 11.5 Å². The van der Waals surface area contributed by atoms with E-state index in [-0.39, 0.29) is 17.1 Å². The summed E-state index contributed by atoms with van der Waals surface area (Å²) in [7, 11) is 1.53. The van der Waals surface area contributed by atoms with E-state index >= 15 is 0 Å². The van der Waals surface area contributed by atoms with Gasteiger partial charge in [0, 0.05) is 11.6 Å². The van der Waals surface area contributed by atoms with Crippen molar-refractivity contribution in [1.29, 1.82) is 0 Å². The monoisotopic (exact) mass is 428 g/mol. The van der Waals surface area contributed by atoms with Gasteiger partial charge in [-0.2, -0.15) is 0 Å². The lowest BCUT2D eigenvalue weighted by Crippen LogP contribution is -2.27. The highest BCUT2D eigenvalue weighted by molar-refractivity contribution is 8.18. The zero-order valence-corrected chi connectivity index (χ0v) is 17.3. The van der Waals surface area contributed by atoms with Gasteiger partial charge in [0.1, 0.15) is 0 Å². The Labute approximate surface area is 177 Å². The van der Waals surface area contributed by atoms with E-state index in [9.17, 15) is 19.7 Å². The molecule has 2 aromatic carbocycles. The molecule has 156 valence electrons. The number of nitrogens with zero attached hydrogens (tertiary/aromatic N) is 2. The molecular formula is C21H20N2O6S. The van der Waals surface area contributed by atoms with Crippen LogP contribution < -0.4 is 9.47 Å². The van der Waals surface area contributed by atoms with Crippen molar-refractivity contribution in [1.82, 2.24) is 4.90 Å². The zero-order chi connectivity index (χ0) is 21.7. The Balaban J connectivity index is 1.82. The smallest absolute Gasteiger partial charge is 0.293 e. The lowest BCUT2D eigenvalue weighted by atomic mass is 10.1. The van der Waals surface area contributed by atoms with Crippen LogP contribution in [-0.2, 0) is 11.3 Å². The van der Waals surface area contributed by atoms with Gasteiger partial charge in [-0.25, -0.2) is 0 Å². The minimum atomic E-state index is -0.529. The first kappa shape index (κ1) is 21.4. The van der Waals surface area contributed by atoms with Crippen molar-refractivity contribution in [3.05, 3.63) is 68.6 Å². The van der Waals surface area contributed by atoms with Gasteiger partial charge in [-0.15, -0.1) is 0 Å². The molecule has 2 amide bonds. The molecule has 0 unspecified atom stereocenters. The van der Waals surface area contributed by atoms with Crippen LogP contribution in [0.1, 0.15) is 24.5 Å². The summed E-state index contributed by atoms with van der Waals surface area (Å²) in [6.45, 7) is 2.40. The van der Waals surface area contributed by atoms with E-state index in [0.717, 1.165) is 23.1 Å². The normalized spacial score (nSPS) is 15.0. The maximum Gasteiger partial charge on any atom is 0.293 e. The molecule has 0 saturated carbocycles. The standard InChI is InChI=1S/C21H20N2O6S/c1-3-10-29-17-9-8-14(11-18(17)28-2)12-19-20(24)22(21(25)30-19)13-15-6-4-5-7-16(15)23(26)27/h4-9,11-12H,3,10,13H2,1-2H3/b19-12-. The van der Waals surface area contributed by atoms with Gasteiger partial charge in [-0.1, -0.05) is 31.2 Å². The molecule has 1 aliphatic rings. The molecule has 0 bridgehead atoms. The third-order valence-electron chi connectivity index (χ3n) is 4.34. The number of benzene rings is 2. The third-order valence-corrected chi connectivity index (χ3v) is 5.24. The Hall–Kier alpha value is -3.33. The second-order valence-electron chi connectivity index (χ2n) is 6.41. The van der Waals surface area contributed by atoms with Crippen molar-refractivity contribution >= 4 is 34.7 Å². The largest absolute Gasteiger partial charge is 0.493 e. The molecule has 0 spiro atoms. The second-order valence-corrected chi connectivity index (χ2v) is 7.41. The van der Waals surface area contributed by atoms with Crippen LogP contribution >= 0.6 is 11.8 Å². The fraction of sp³-hybridized carbons (Fsp3) is 0.238. The molecule has 1 heterocycles. The van der Waals surface area contributed by atoms with E-state index in [1.807, 2.05) is 6.92 Å². The number of imide groups is 1. The summed E-state index contributed by atoms with van der Waals surface area (Å²) < 4.78 is 11.0. The van der Waals surface area contributed by atoms with Crippen LogP contribution in [0, 0.1) is 10.1 Å². The minimum absolute atomic E-state index is 0.132. The van der Waals surface area contributed by atoms with E-state index in [0.29, 0.717) is 29.2 Å². The van der Waals surface area contributed by atoms with Gasteiger partial charge >= 0.3 is 0 Å². The summed E-state index contributed by atoms with van der Waals surface area (Å²) in [5.74, 6) is 0.630. The van der Waals surface area contributed by atoms with Crippen LogP contribution in [0.4, 0.5) is 10.5 Å². The van der Waals surface area contributed by atoms with E-state index in [4.69, 9.17) is 9.47 Å². The molecule has 30 heavy (non-hydrogen) atoms. The molecule has 1 aliphatic heterocycles. The number of nitro benzene ring substituents is 1. The molecule has 0 N–H and O–H groups in total. The van der Waals surface area contributed by atoms with Crippen molar-refractivity contribution in [3.63, 3.8) is 0 Å². The number of ether oxygens (including phenoxy) is 2. The Bertz CT molecular complexity index is 1020. The molecule has 1 fully saturated rings. The number of methoxy groups -OCH3 is 1. The number of nitro groups is 1. The van der Waals surface area contributed by atoms with Gasteiger partial charge in [0.2, 0.25) is 0 Å². The second kappa shape index (κ2) is 9.45. The van der Waals surface area contributed by atoms with Gasteiger partial charge in [-0.3, -0.25) is 24.6 Å². The first-order valence-corrected chi connectivity index (χ1v) is 10.0. The first-order chi connectivity index (χ1) is 14.4. The van der Waals surface area contributed by atoms with Crippen molar-refractivity contribution in [2.75, 3.05) is 13.7 Å². The average Bonchev–Trinajstić information content (AvgIpc) is 3.00. The lowest BCUT2D eigenvalue weighted by molar-refractivity contribution is -0.385. The highest BCUT2D eigenvalue weighted by Crippen LogP contribution is 2.36. The molecule has 0 atom stereocenters. The quantitative estimate of drug-likeness (QED) is 0.343. The topological polar surface area (TPSA) is 99.0 Å². The van der Waals surface area contributed by atoms with Crippen LogP contribution in [0.2, 0.25) is 0 Å². The summed E-state index contributed by atoms with van der Waals surface area (Å²) in [6, 6.07) is 11.3. The molecule has 3 rings (SSSR count). The van der Waals surface area contributed by atoms with Crippen molar-refractivity contribution in [3.8, 4) is 11.5 Å². The number of amides is 2. The first-order valence-electron chi connectivity index (χ1n) is 9.23. The van der Waals surface area contributed by atoms with Crippen LogP contribution in [-0.4, -0.2) is 34.7 Å². The Morgan fingerprint density at radius 3 is 2.63 bits per heavy atom. The number of hydrogen-bond acceptors (Lipinski definition) is 7. The average molecular weight is 428 g/mol. The minimum Gasteiger partial charge on any atom is -0.493 e. The van der Waals surface area contributed by atoms with Crippen LogP contribution in [0.25, 0.3) is 6.08 Å². The maximum atomic E-state index is 12.8. The van der Waals surface area contributed by atoms with Crippen LogP contribution in [0.3, 0.4) is 0 Å². The summed E-state index contributed by atoms with van der Waals surface area (Å²) in [6.07, 6.45) is 2.45. The summed E-state index contributed by atoms with van der Waals surface area (Å²) >= 11 is 0.798. The Morgan fingerprint density at radius 1 is 1.17 bits per heavy atom.